The van der Waals surface area contributed by atoms with Crippen molar-refractivity contribution >= 4 is 17.7 Å². The summed E-state index contributed by atoms with van der Waals surface area (Å²) in [6.07, 6.45) is 2.90. The van der Waals surface area contributed by atoms with E-state index >= 15 is 0 Å². The van der Waals surface area contributed by atoms with Crippen LogP contribution in [0.15, 0.2) is 0 Å². The molecule has 3 nitrogen and oxygen atoms in total. The smallest absolute Gasteiger partial charge is 0.230 e. The Labute approximate surface area is 97.6 Å². The maximum Gasteiger partial charge on any atom is 0.230 e. The third-order valence-electron chi connectivity index (χ3n) is 2.73. The molecule has 1 amide bonds. The van der Waals surface area contributed by atoms with E-state index in [1.807, 2.05) is 0 Å². The summed E-state index contributed by atoms with van der Waals surface area (Å²) >= 11 is 1.68. The third-order valence-corrected chi connectivity index (χ3v) is 3.89. The Hall–Kier alpha value is -0.220. The molecule has 0 radical (unpaired) electrons. The van der Waals surface area contributed by atoms with E-state index in [0.717, 1.165) is 25.0 Å². The van der Waals surface area contributed by atoms with Crippen LogP contribution in [0.5, 0.6) is 0 Å². The van der Waals surface area contributed by atoms with Gasteiger partial charge in [0.05, 0.1) is 11.3 Å². The van der Waals surface area contributed by atoms with Gasteiger partial charge in [0.1, 0.15) is 0 Å². The number of rotatable bonds is 8. The maximum absolute atomic E-state index is 11.6. The zero-order chi connectivity index (χ0) is 11.7. The molecule has 0 unspecified atom stereocenters. The molecule has 3 N–H and O–H groups in total. The van der Waals surface area contributed by atoms with Crippen LogP contribution in [0.25, 0.3) is 0 Å². The average molecular weight is 232 g/mol. The third kappa shape index (κ3) is 5.42. The van der Waals surface area contributed by atoms with Crippen LogP contribution in [0.2, 0.25) is 0 Å². The summed E-state index contributed by atoms with van der Waals surface area (Å²) in [6.45, 7) is 6.77. The molecule has 0 spiro atoms. The first-order chi connectivity index (χ1) is 7.14. The first kappa shape index (κ1) is 14.8. The number of amides is 1. The number of carbonyl (C=O) groups is 1. The van der Waals surface area contributed by atoms with Crippen molar-refractivity contribution in [3.8, 4) is 0 Å². The topological polar surface area (TPSA) is 55.1 Å². The van der Waals surface area contributed by atoms with E-state index < -0.39 is 0 Å². The summed E-state index contributed by atoms with van der Waals surface area (Å²) in [7, 11) is 0. The lowest BCUT2D eigenvalue weighted by Crippen LogP contribution is -2.53. The number of nitrogens with one attached hydrogen (secondary N) is 1. The second kappa shape index (κ2) is 7.99. The molecule has 0 saturated heterocycles. The molecular formula is C11H24N2OS. The van der Waals surface area contributed by atoms with Crippen molar-refractivity contribution in [2.24, 2.45) is 5.73 Å². The molecule has 0 aromatic heterocycles. The fourth-order valence-corrected chi connectivity index (χ4v) is 2.10. The van der Waals surface area contributed by atoms with Gasteiger partial charge >= 0.3 is 0 Å². The molecule has 0 aliphatic heterocycles. The average Bonchev–Trinajstić information content (AvgIpc) is 2.26. The lowest BCUT2D eigenvalue weighted by molar-refractivity contribution is -0.120. The molecule has 0 aromatic rings. The van der Waals surface area contributed by atoms with Gasteiger partial charge in [0, 0.05) is 6.54 Å². The quantitative estimate of drug-likeness (QED) is 0.627. The number of hydrogen-bond donors (Lipinski definition) is 2. The van der Waals surface area contributed by atoms with E-state index in [0.29, 0.717) is 12.3 Å². The molecule has 0 bridgehead atoms. The summed E-state index contributed by atoms with van der Waals surface area (Å²) < 4.78 is 0. The van der Waals surface area contributed by atoms with Crippen molar-refractivity contribution in [1.29, 1.82) is 0 Å². The highest BCUT2D eigenvalue weighted by atomic mass is 32.2. The molecule has 0 aliphatic rings. The second-order valence-electron chi connectivity index (χ2n) is 3.79. The minimum Gasteiger partial charge on any atom is -0.349 e. The van der Waals surface area contributed by atoms with E-state index in [-0.39, 0.29) is 11.4 Å². The number of hydrogen-bond acceptors (Lipinski definition) is 3. The van der Waals surface area contributed by atoms with Crippen molar-refractivity contribution in [1.82, 2.24) is 5.32 Å². The minimum absolute atomic E-state index is 0.114. The molecule has 15 heavy (non-hydrogen) atoms. The summed E-state index contributed by atoms with van der Waals surface area (Å²) in [6, 6.07) is 0. The highest BCUT2D eigenvalue weighted by Crippen LogP contribution is 2.13. The van der Waals surface area contributed by atoms with Gasteiger partial charge in [-0.1, -0.05) is 20.8 Å². The van der Waals surface area contributed by atoms with Crippen LogP contribution in [0.3, 0.4) is 0 Å². The van der Waals surface area contributed by atoms with E-state index in [1.165, 1.54) is 0 Å². The molecule has 0 fully saturated rings. The Morgan fingerprint density at radius 1 is 1.33 bits per heavy atom. The Bertz CT molecular complexity index is 173. The first-order valence-electron chi connectivity index (χ1n) is 5.73. The van der Waals surface area contributed by atoms with Crippen LogP contribution < -0.4 is 11.1 Å². The van der Waals surface area contributed by atoms with Gasteiger partial charge in [-0.25, -0.2) is 0 Å². The zero-order valence-electron chi connectivity index (χ0n) is 10.1. The van der Waals surface area contributed by atoms with Crippen LogP contribution in [0.4, 0.5) is 0 Å². The van der Waals surface area contributed by atoms with Gasteiger partial charge in [-0.15, -0.1) is 0 Å². The molecular weight excluding hydrogens is 208 g/mol. The van der Waals surface area contributed by atoms with E-state index in [2.05, 4.69) is 26.1 Å². The molecule has 0 atom stereocenters. The molecule has 90 valence electrons. The predicted molar refractivity (Wildman–Crippen MR) is 68.1 cm³/mol. The number of thioether (sulfide) groups is 1. The minimum atomic E-state index is -0.191. The van der Waals surface area contributed by atoms with E-state index in [1.54, 1.807) is 11.8 Å². The lowest BCUT2D eigenvalue weighted by Gasteiger charge is -2.31. The molecule has 0 aliphatic carbocycles. The van der Waals surface area contributed by atoms with Gasteiger partial charge in [-0.05, 0) is 25.0 Å². The van der Waals surface area contributed by atoms with E-state index in [9.17, 15) is 4.79 Å². The molecule has 0 aromatic carbocycles. The largest absolute Gasteiger partial charge is 0.349 e. The van der Waals surface area contributed by atoms with Crippen LogP contribution in [-0.2, 0) is 4.79 Å². The van der Waals surface area contributed by atoms with Crippen molar-refractivity contribution in [2.45, 2.75) is 45.6 Å². The highest BCUT2D eigenvalue weighted by molar-refractivity contribution is 7.99. The normalized spacial score (nSPS) is 11.5. The predicted octanol–water partition coefficient (Wildman–Crippen LogP) is 1.76. The van der Waals surface area contributed by atoms with Crippen molar-refractivity contribution in [3.05, 3.63) is 0 Å². The summed E-state index contributed by atoms with van der Waals surface area (Å²) in [5, 5.41) is 3.05. The van der Waals surface area contributed by atoms with Gasteiger partial charge in [0.25, 0.3) is 0 Å². The summed E-state index contributed by atoms with van der Waals surface area (Å²) in [5.41, 5.74) is 5.52. The fourth-order valence-electron chi connectivity index (χ4n) is 1.41. The monoisotopic (exact) mass is 232 g/mol. The SMILES string of the molecule is CCCSCC(=O)NC(CC)(CC)CN. The van der Waals surface area contributed by atoms with Gasteiger partial charge in [0.15, 0.2) is 0 Å². The molecule has 0 rings (SSSR count). The summed E-state index contributed by atoms with van der Waals surface area (Å²) in [5.74, 6) is 1.71. The maximum atomic E-state index is 11.6. The van der Waals surface area contributed by atoms with Crippen LogP contribution in [0, 0.1) is 0 Å². The molecule has 0 heterocycles. The Morgan fingerprint density at radius 2 is 1.93 bits per heavy atom. The van der Waals surface area contributed by atoms with Crippen LogP contribution in [-0.4, -0.2) is 29.5 Å². The zero-order valence-corrected chi connectivity index (χ0v) is 11.0. The van der Waals surface area contributed by atoms with Gasteiger partial charge in [-0.2, -0.15) is 11.8 Å². The van der Waals surface area contributed by atoms with Crippen molar-refractivity contribution in [3.63, 3.8) is 0 Å². The van der Waals surface area contributed by atoms with Crippen LogP contribution >= 0.6 is 11.8 Å². The molecule has 0 saturated carbocycles. The lowest BCUT2D eigenvalue weighted by atomic mass is 9.93. The first-order valence-corrected chi connectivity index (χ1v) is 6.88. The fraction of sp³-hybridized carbons (Fsp3) is 0.909. The Morgan fingerprint density at radius 3 is 2.33 bits per heavy atom. The standard InChI is InChI=1S/C11H24N2OS/c1-4-7-15-8-10(14)13-11(5-2,6-3)9-12/h4-9,12H2,1-3H3,(H,13,14). The van der Waals surface area contributed by atoms with E-state index in [4.69, 9.17) is 5.73 Å². The van der Waals surface area contributed by atoms with Crippen molar-refractivity contribution in [2.75, 3.05) is 18.1 Å². The van der Waals surface area contributed by atoms with Gasteiger partial charge in [-0.3, -0.25) is 4.79 Å². The van der Waals surface area contributed by atoms with Gasteiger partial charge in [0.2, 0.25) is 5.91 Å². The number of carbonyl (C=O) groups excluding carboxylic acids is 1. The van der Waals surface area contributed by atoms with Crippen molar-refractivity contribution < 1.29 is 4.79 Å². The second-order valence-corrected chi connectivity index (χ2v) is 4.90. The number of nitrogens with two attached hydrogens (primary N) is 1. The van der Waals surface area contributed by atoms with Crippen LogP contribution in [0.1, 0.15) is 40.0 Å². The Kier molecular flexibility index (Phi) is 7.88. The summed E-state index contributed by atoms with van der Waals surface area (Å²) in [4.78, 5) is 11.6. The highest BCUT2D eigenvalue weighted by Gasteiger charge is 2.25. The van der Waals surface area contributed by atoms with Gasteiger partial charge < -0.3 is 11.1 Å². The Balaban J connectivity index is 4.00. The molecule has 4 heteroatoms.